The van der Waals surface area contributed by atoms with E-state index in [1.165, 1.54) is 46.5 Å². The maximum atomic E-state index is 11.1. The van der Waals surface area contributed by atoms with Gasteiger partial charge in [-0.25, -0.2) is 0 Å². The van der Waals surface area contributed by atoms with Crippen molar-refractivity contribution in [3.8, 4) is 0 Å². The summed E-state index contributed by atoms with van der Waals surface area (Å²) in [5.41, 5.74) is 1.07. The summed E-state index contributed by atoms with van der Waals surface area (Å²) in [6, 6.07) is 10.7. The molecule has 0 fully saturated rings. The van der Waals surface area contributed by atoms with Crippen molar-refractivity contribution in [2.24, 2.45) is 0 Å². The molecule has 0 saturated carbocycles. The van der Waals surface area contributed by atoms with Crippen LogP contribution in [0.25, 0.3) is 20.9 Å². The summed E-state index contributed by atoms with van der Waals surface area (Å²) >= 11 is 5.31. The van der Waals surface area contributed by atoms with Crippen LogP contribution in [-0.2, 0) is 0 Å². The first kappa shape index (κ1) is 19.8. The molecule has 3 rings (SSSR count). The number of fused-ring (bicyclic) bond motifs is 3. The van der Waals surface area contributed by atoms with E-state index in [9.17, 15) is 5.11 Å². The number of unbranched alkanes of at least 4 members (excludes halogenated alkanes) is 2. The van der Waals surface area contributed by atoms with Gasteiger partial charge in [0.05, 0.1) is 6.10 Å². The second-order valence-electron chi connectivity index (χ2n) is 7.02. The molecule has 0 radical (unpaired) electrons. The van der Waals surface area contributed by atoms with Gasteiger partial charge in [0.2, 0.25) is 0 Å². The molecular formula is C22H28BrNOS. The van der Waals surface area contributed by atoms with Crippen molar-refractivity contribution in [2.75, 3.05) is 19.6 Å². The molecule has 1 aromatic heterocycles. The second kappa shape index (κ2) is 9.32. The van der Waals surface area contributed by atoms with Crippen molar-refractivity contribution < 1.29 is 5.11 Å². The van der Waals surface area contributed by atoms with Crippen molar-refractivity contribution in [1.29, 1.82) is 0 Å². The first-order valence-electron chi connectivity index (χ1n) is 9.63. The Morgan fingerprint density at radius 1 is 1.04 bits per heavy atom. The molecule has 0 amide bonds. The normalized spacial score (nSPS) is 13.1. The van der Waals surface area contributed by atoms with Crippen molar-refractivity contribution in [3.63, 3.8) is 0 Å². The van der Waals surface area contributed by atoms with Gasteiger partial charge >= 0.3 is 0 Å². The zero-order chi connectivity index (χ0) is 18.5. The molecule has 0 aliphatic rings. The van der Waals surface area contributed by atoms with Crippen LogP contribution in [0.2, 0.25) is 0 Å². The lowest BCUT2D eigenvalue weighted by Gasteiger charge is -2.25. The summed E-state index contributed by atoms with van der Waals surface area (Å²) in [5.74, 6) is 0. The Labute approximate surface area is 169 Å². The zero-order valence-corrected chi connectivity index (χ0v) is 18.1. The molecule has 0 aliphatic carbocycles. The molecule has 1 atom stereocenters. The highest BCUT2D eigenvalue weighted by Crippen LogP contribution is 2.36. The van der Waals surface area contributed by atoms with Gasteiger partial charge in [0, 0.05) is 26.7 Å². The molecule has 140 valence electrons. The van der Waals surface area contributed by atoms with Crippen LogP contribution in [-0.4, -0.2) is 29.6 Å². The van der Waals surface area contributed by atoms with Gasteiger partial charge in [0.15, 0.2) is 0 Å². The van der Waals surface area contributed by atoms with Crippen molar-refractivity contribution in [1.82, 2.24) is 4.90 Å². The molecule has 0 bridgehead atoms. The first-order chi connectivity index (χ1) is 12.6. The number of hydrogen-bond acceptors (Lipinski definition) is 3. The molecule has 3 aromatic rings. The molecule has 0 aliphatic heterocycles. The van der Waals surface area contributed by atoms with Crippen LogP contribution in [0.15, 0.2) is 40.2 Å². The summed E-state index contributed by atoms with van der Waals surface area (Å²) in [7, 11) is 0. The predicted octanol–water partition coefficient (Wildman–Crippen LogP) is 6.75. The molecule has 2 nitrogen and oxygen atoms in total. The van der Waals surface area contributed by atoms with Crippen LogP contribution < -0.4 is 0 Å². The Hall–Kier alpha value is -0.940. The molecule has 1 N–H and O–H groups in total. The Morgan fingerprint density at radius 2 is 1.77 bits per heavy atom. The van der Waals surface area contributed by atoms with Crippen LogP contribution in [0.4, 0.5) is 0 Å². The minimum absolute atomic E-state index is 0.446. The van der Waals surface area contributed by atoms with Gasteiger partial charge in [-0.3, -0.25) is 0 Å². The van der Waals surface area contributed by atoms with E-state index in [1.54, 1.807) is 11.3 Å². The van der Waals surface area contributed by atoms with E-state index in [0.29, 0.717) is 0 Å². The SMILES string of the molecule is CCCCN(CCCC)CC(O)c1cc2ccc(Br)cc2c2ccsc12. The summed E-state index contributed by atoms with van der Waals surface area (Å²) in [4.78, 5) is 2.43. The van der Waals surface area contributed by atoms with Gasteiger partial charge in [-0.15, -0.1) is 11.3 Å². The third-order valence-corrected chi connectivity index (χ3v) is 6.45. The largest absolute Gasteiger partial charge is 0.387 e. The van der Waals surface area contributed by atoms with Crippen LogP contribution in [0.1, 0.15) is 51.2 Å². The van der Waals surface area contributed by atoms with Crippen LogP contribution in [0, 0.1) is 0 Å². The monoisotopic (exact) mass is 433 g/mol. The van der Waals surface area contributed by atoms with E-state index in [-0.39, 0.29) is 0 Å². The second-order valence-corrected chi connectivity index (χ2v) is 8.85. The lowest BCUT2D eigenvalue weighted by molar-refractivity contribution is 0.112. The van der Waals surface area contributed by atoms with Gasteiger partial charge in [-0.05, 0) is 66.3 Å². The topological polar surface area (TPSA) is 23.5 Å². The van der Waals surface area contributed by atoms with Crippen molar-refractivity contribution in [3.05, 3.63) is 45.7 Å². The predicted molar refractivity (Wildman–Crippen MR) is 118 cm³/mol. The fraction of sp³-hybridized carbons (Fsp3) is 0.455. The lowest BCUT2D eigenvalue weighted by atomic mass is 9.99. The third-order valence-electron chi connectivity index (χ3n) is 4.99. The molecule has 0 spiro atoms. The third kappa shape index (κ3) is 4.48. The summed E-state index contributed by atoms with van der Waals surface area (Å²) < 4.78 is 2.31. The molecule has 1 heterocycles. The lowest BCUT2D eigenvalue weighted by Crippen LogP contribution is -2.30. The number of hydrogen-bond donors (Lipinski definition) is 1. The fourth-order valence-electron chi connectivity index (χ4n) is 3.51. The number of aliphatic hydroxyl groups excluding tert-OH is 1. The van der Waals surface area contributed by atoms with E-state index < -0.39 is 6.10 Å². The van der Waals surface area contributed by atoms with E-state index in [0.717, 1.165) is 29.7 Å². The zero-order valence-electron chi connectivity index (χ0n) is 15.7. The molecular weight excluding hydrogens is 406 g/mol. The van der Waals surface area contributed by atoms with Gasteiger partial charge in [-0.2, -0.15) is 0 Å². The number of rotatable bonds is 9. The van der Waals surface area contributed by atoms with Crippen molar-refractivity contribution in [2.45, 2.75) is 45.6 Å². The maximum Gasteiger partial charge on any atom is 0.0930 e. The first-order valence-corrected chi connectivity index (χ1v) is 11.3. The van der Waals surface area contributed by atoms with Crippen LogP contribution in [0.3, 0.4) is 0 Å². The average molecular weight is 434 g/mol. The molecule has 2 aromatic carbocycles. The fourth-order valence-corrected chi connectivity index (χ4v) is 4.85. The van der Waals surface area contributed by atoms with Crippen LogP contribution >= 0.6 is 27.3 Å². The number of benzene rings is 2. The summed E-state index contributed by atoms with van der Waals surface area (Å²) in [6.45, 7) is 7.31. The molecule has 0 saturated heterocycles. The smallest absolute Gasteiger partial charge is 0.0930 e. The summed E-state index contributed by atoms with van der Waals surface area (Å²) in [6.07, 6.45) is 4.32. The minimum atomic E-state index is -0.446. The highest BCUT2D eigenvalue weighted by Gasteiger charge is 2.18. The van der Waals surface area contributed by atoms with E-state index >= 15 is 0 Å². The Bertz CT molecular complexity index is 852. The highest BCUT2D eigenvalue weighted by molar-refractivity contribution is 9.10. The Balaban J connectivity index is 1.92. The standard InChI is InChI=1S/C22H28BrNOS/c1-3-5-10-24(11-6-4-2)15-21(25)20-13-16-7-8-17(23)14-19(16)18-9-12-26-22(18)20/h7-9,12-14,21,25H,3-6,10-11,15H2,1-2H3. The number of thiophene rings is 1. The Kier molecular flexibility index (Phi) is 7.10. The number of nitrogens with zero attached hydrogens (tertiary/aromatic N) is 1. The number of halogens is 1. The summed E-state index contributed by atoms with van der Waals surface area (Å²) in [5, 5.41) is 16.9. The van der Waals surface area contributed by atoms with E-state index in [2.05, 4.69) is 70.4 Å². The van der Waals surface area contributed by atoms with E-state index in [4.69, 9.17) is 0 Å². The van der Waals surface area contributed by atoms with E-state index in [1.807, 2.05) is 0 Å². The average Bonchev–Trinajstić information content (AvgIpc) is 3.13. The van der Waals surface area contributed by atoms with Gasteiger partial charge in [-0.1, -0.05) is 48.7 Å². The van der Waals surface area contributed by atoms with Gasteiger partial charge in [0.25, 0.3) is 0 Å². The maximum absolute atomic E-state index is 11.1. The van der Waals surface area contributed by atoms with Gasteiger partial charge in [0.1, 0.15) is 0 Å². The minimum Gasteiger partial charge on any atom is -0.387 e. The molecule has 1 unspecified atom stereocenters. The van der Waals surface area contributed by atoms with Crippen LogP contribution in [0.5, 0.6) is 0 Å². The number of aliphatic hydroxyl groups is 1. The van der Waals surface area contributed by atoms with Gasteiger partial charge < -0.3 is 10.0 Å². The highest BCUT2D eigenvalue weighted by atomic mass is 79.9. The van der Waals surface area contributed by atoms with Crippen molar-refractivity contribution >= 4 is 48.1 Å². The Morgan fingerprint density at radius 3 is 2.46 bits per heavy atom. The molecule has 4 heteroatoms. The quantitative estimate of drug-likeness (QED) is 0.403. The molecule has 26 heavy (non-hydrogen) atoms.